The topological polar surface area (TPSA) is 54.5 Å². The van der Waals surface area contributed by atoms with E-state index in [2.05, 4.69) is 4.90 Å². The molecular formula is C14H19NO3S. The molecule has 1 saturated heterocycles. The third kappa shape index (κ3) is 3.88. The van der Waals surface area contributed by atoms with E-state index in [4.69, 9.17) is 0 Å². The molecule has 104 valence electrons. The zero-order chi connectivity index (χ0) is 13.9. The molecule has 0 bridgehead atoms. The lowest BCUT2D eigenvalue weighted by atomic mass is 9.98. The van der Waals surface area contributed by atoms with Crippen LogP contribution in [-0.2, 0) is 21.2 Å². The SMILES string of the molecule is CS(=O)(=O)c1ccc(CN2CCC(C=O)CC2)cc1. The molecule has 0 N–H and O–H groups in total. The minimum Gasteiger partial charge on any atom is -0.303 e. The van der Waals surface area contributed by atoms with Crippen molar-refractivity contribution in [3.8, 4) is 0 Å². The largest absolute Gasteiger partial charge is 0.303 e. The predicted molar refractivity (Wildman–Crippen MR) is 73.6 cm³/mol. The van der Waals surface area contributed by atoms with Gasteiger partial charge in [-0.25, -0.2) is 8.42 Å². The lowest BCUT2D eigenvalue weighted by Gasteiger charge is -2.29. The molecule has 0 aromatic heterocycles. The summed E-state index contributed by atoms with van der Waals surface area (Å²) in [7, 11) is -3.12. The standard InChI is InChI=1S/C14H19NO3S/c1-19(17,18)14-4-2-12(3-5-14)10-15-8-6-13(11-16)7-9-15/h2-5,11,13H,6-10H2,1H3. The van der Waals surface area contributed by atoms with Gasteiger partial charge in [0.2, 0.25) is 0 Å². The summed E-state index contributed by atoms with van der Waals surface area (Å²) in [4.78, 5) is 13.3. The van der Waals surface area contributed by atoms with Crippen LogP contribution >= 0.6 is 0 Å². The van der Waals surface area contributed by atoms with Crippen molar-refractivity contribution in [3.05, 3.63) is 29.8 Å². The second-order valence-corrected chi connectivity index (χ2v) is 7.18. The molecule has 1 aromatic carbocycles. The Hall–Kier alpha value is -1.20. The van der Waals surface area contributed by atoms with Gasteiger partial charge in [-0.2, -0.15) is 0 Å². The maximum absolute atomic E-state index is 11.4. The molecule has 0 spiro atoms. The highest BCUT2D eigenvalue weighted by Crippen LogP contribution is 2.18. The summed E-state index contributed by atoms with van der Waals surface area (Å²) in [5, 5.41) is 0. The molecule has 0 unspecified atom stereocenters. The van der Waals surface area contributed by atoms with Gasteiger partial charge in [0.25, 0.3) is 0 Å². The van der Waals surface area contributed by atoms with Gasteiger partial charge in [-0.3, -0.25) is 4.90 Å². The van der Waals surface area contributed by atoms with E-state index < -0.39 is 9.84 Å². The third-order valence-corrected chi connectivity index (χ3v) is 4.71. The summed E-state index contributed by atoms with van der Waals surface area (Å²) in [6.45, 7) is 2.67. The van der Waals surface area contributed by atoms with Crippen molar-refractivity contribution in [2.75, 3.05) is 19.3 Å². The Morgan fingerprint density at radius 1 is 1.21 bits per heavy atom. The van der Waals surface area contributed by atoms with Crippen LogP contribution in [0.4, 0.5) is 0 Å². The average molecular weight is 281 g/mol. The Balaban J connectivity index is 1.95. The summed E-state index contributed by atoms with van der Waals surface area (Å²) in [6, 6.07) is 7.04. The number of rotatable bonds is 4. The summed E-state index contributed by atoms with van der Waals surface area (Å²) in [6.07, 6.45) is 4.11. The average Bonchev–Trinajstić information content (AvgIpc) is 2.39. The molecule has 5 heteroatoms. The van der Waals surface area contributed by atoms with Crippen LogP contribution in [0.1, 0.15) is 18.4 Å². The van der Waals surface area contributed by atoms with Gasteiger partial charge < -0.3 is 4.79 Å². The monoisotopic (exact) mass is 281 g/mol. The van der Waals surface area contributed by atoms with Crippen LogP contribution in [-0.4, -0.2) is 38.9 Å². The quantitative estimate of drug-likeness (QED) is 0.785. The number of likely N-dealkylation sites (tertiary alicyclic amines) is 1. The second-order valence-electron chi connectivity index (χ2n) is 5.17. The minimum absolute atomic E-state index is 0.212. The Bertz CT molecular complexity index is 528. The Labute approximate surface area is 114 Å². The Morgan fingerprint density at radius 2 is 1.79 bits per heavy atom. The van der Waals surface area contributed by atoms with Crippen LogP contribution < -0.4 is 0 Å². The molecule has 1 aliphatic heterocycles. The van der Waals surface area contributed by atoms with Crippen molar-refractivity contribution in [1.29, 1.82) is 0 Å². The van der Waals surface area contributed by atoms with E-state index in [-0.39, 0.29) is 5.92 Å². The summed E-state index contributed by atoms with van der Waals surface area (Å²) >= 11 is 0. The molecule has 0 amide bonds. The molecule has 2 rings (SSSR count). The number of aldehydes is 1. The fraction of sp³-hybridized carbons (Fsp3) is 0.500. The number of piperidine rings is 1. The van der Waals surface area contributed by atoms with Gasteiger partial charge >= 0.3 is 0 Å². The fourth-order valence-corrected chi connectivity index (χ4v) is 2.98. The van der Waals surface area contributed by atoms with E-state index in [1.807, 2.05) is 12.1 Å². The number of hydrogen-bond donors (Lipinski definition) is 0. The number of carbonyl (C=O) groups excluding carboxylic acids is 1. The first-order valence-corrected chi connectivity index (χ1v) is 8.35. The molecule has 4 nitrogen and oxygen atoms in total. The number of benzene rings is 1. The van der Waals surface area contributed by atoms with Crippen LogP contribution in [0.15, 0.2) is 29.2 Å². The zero-order valence-electron chi connectivity index (χ0n) is 11.1. The highest BCUT2D eigenvalue weighted by atomic mass is 32.2. The van der Waals surface area contributed by atoms with Gasteiger partial charge in [-0.1, -0.05) is 12.1 Å². The van der Waals surface area contributed by atoms with E-state index in [1.54, 1.807) is 12.1 Å². The van der Waals surface area contributed by atoms with Crippen LogP contribution in [0.3, 0.4) is 0 Å². The smallest absolute Gasteiger partial charge is 0.175 e. The van der Waals surface area contributed by atoms with E-state index >= 15 is 0 Å². The van der Waals surface area contributed by atoms with Crippen molar-refractivity contribution in [3.63, 3.8) is 0 Å². The lowest BCUT2D eigenvalue weighted by Crippen LogP contribution is -2.33. The normalized spacial score (nSPS) is 18.4. The van der Waals surface area contributed by atoms with Crippen molar-refractivity contribution < 1.29 is 13.2 Å². The van der Waals surface area contributed by atoms with Crippen molar-refractivity contribution in [1.82, 2.24) is 4.90 Å². The second kappa shape index (κ2) is 5.84. The zero-order valence-corrected chi connectivity index (χ0v) is 11.9. The van der Waals surface area contributed by atoms with Gasteiger partial charge in [0.05, 0.1) is 4.90 Å². The van der Waals surface area contributed by atoms with Crippen LogP contribution in [0.5, 0.6) is 0 Å². The molecule has 1 aromatic rings. The maximum atomic E-state index is 11.4. The number of sulfone groups is 1. The van der Waals surface area contributed by atoms with Crippen molar-refractivity contribution in [2.45, 2.75) is 24.3 Å². The van der Waals surface area contributed by atoms with E-state index in [1.165, 1.54) is 6.26 Å². The first-order valence-electron chi connectivity index (χ1n) is 6.45. The van der Waals surface area contributed by atoms with Crippen molar-refractivity contribution >= 4 is 16.1 Å². The predicted octanol–water partition coefficient (Wildman–Crippen LogP) is 1.50. The molecule has 0 radical (unpaired) electrons. The Morgan fingerprint density at radius 3 is 2.26 bits per heavy atom. The molecule has 19 heavy (non-hydrogen) atoms. The molecule has 1 aliphatic rings. The molecule has 0 atom stereocenters. The summed E-state index contributed by atoms with van der Waals surface area (Å²) < 4.78 is 22.7. The lowest BCUT2D eigenvalue weighted by molar-refractivity contribution is -0.112. The first-order chi connectivity index (χ1) is 8.99. The number of carbonyl (C=O) groups is 1. The van der Waals surface area contributed by atoms with Crippen LogP contribution in [0.25, 0.3) is 0 Å². The minimum atomic E-state index is -3.12. The van der Waals surface area contributed by atoms with E-state index in [9.17, 15) is 13.2 Å². The maximum Gasteiger partial charge on any atom is 0.175 e. The molecule has 1 heterocycles. The fourth-order valence-electron chi connectivity index (χ4n) is 2.35. The Kier molecular flexibility index (Phi) is 4.37. The van der Waals surface area contributed by atoms with Crippen LogP contribution in [0, 0.1) is 5.92 Å². The molecule has 0 saturated carbocycles. The van der Waals surface area contributed by atoms with Gasteiger partial charge in [0, 0.05) is 18.7 Å². The van der Waals surface area contributed by atoms with Crippen molar-refractivity contribution in [2.24, 2.45) is 5.92 Å². The van der Waals surface area contributed by atoms with E-state index in [0.29, 0.717) is 4.90 Å². The molecule has 0 aliphatic carbocycles. The van der Waals surface area contributed by atoms with Gasteiger partial charge in [-0.15, -0.1) is 0 Å². The third-order valence-electron chi connectivity index (χ3n) is 3.58. The van der Waals surface area contributed by atoms with Gasteiger partial charge in [0.15, 0.2) is 9.84 Å². The number of hydrogen-bond acceptors (Lipinski definition) is 4. The van der Waals surface area contributed by atoms with Gasteiger partial charge in [-0.05, 0) is 43.6 Å². The highest BCUT2D eigenvalue weighted by molar-refractivity contribution is 7.90. The van der Waals surface area contributed by atoms with Crippen LogP contribution in [0.2, 0.25) is 0 Å². The molecule has 1 fully saturated rings. The first kappa shape index (κ1) is 14.2. The highest BCUT2D eigenvalue weighted by Gasteiger charge is 2.18. The number of nitrogens with zero attached hydrogens (tertiary/aromatic N) is 1. The summed E-state index contributed by atoms with van der Waals surface area (Å²) in [5.41, 5.74) is 1.11. The summed E-state index contributed by atoms with van der Waals surface area (Å²) in [5.74, 6) is 0.212. The van der Waals surface area contributed by atoms with Gasteiger partial charge in [0.1, 0.15) is 6.29 Å². The van der Waals surface area contributed by atoms with E-state index in [0.717, 1.165) is 44.3 Å². The molecular weight excluding hydrogens is 262 g/mol.